The molecule has 1 aliphatic carbocycles. The second kappa shape index (κ2) is 4.30. The molecule has 0 aliphatic heterocycles. The number of hydrogen-bond donors (Lipinski definition) is 2. The van der Waals surface area contributed by atoms with E-state index in [9.17, 15) is 4.79 Å². The number of aliphatic hydroxyl groups excluding tert-OH is 1. The highest BCUT2D eigenvalue weighted by atomic mass is 16.3. The van der Waals surface area contributed by atoms with E-state index in [0.29, 0.717) is 5.92 Å². The Bertz CT molecular complexity index is 207. The molecule has 1 fully saturated rings. The molecule has 0 saturated heterocycles. The van der Waals surface area contributed by atoms with Crippen molar-refractivity contribution in [1.29, 1.82) is 0 Å². The molecule has 0 unspecified atom stereocenters. The van der Waals surface area contributed by atoms with Crippen molar-refractivity contribution in [3.63, 3.8) is 0 Å². The number of aliphatic hydroxyl groups is 1. The highest BCUT2D eigenvalue weighted by Gasteiger charge is 2.30. The zero-order chi connectivity index (χ0) is 10.8. The van der Waals surface area contributed by atoms with Gasteiger partial charge in [0, 0.05) is 12.0 Å². The van der Waals surface area contributed by atoms with Crippen LogP contribution in [0.2, 0.25) is 0 Å². The van der Waals surface area contributed by atoms with E-state index in [2.05, 4.69) is 5.32 Å². The van der Waals surface area contributed by atoms with Crippen molar-refractivity contribution in [2.24, 2.45) is 11.3 Å². The van der Waals surface area contributed by atoms with Gasteiger partial charge in [-0.3, -0.25) is 4.79 Å². The number of nitrogens with one attached hydrogen (secondary N) is 1. The molecular formula is C11H21NO2. The summed E-state index contributed by atoms with van der Waals surface area (Å²) in [4.78, 5) is 11.6. The molecule has 82 valence electrons. The van der Waals surface area contributed by atoms with Crippen LogP contribution >= 0.6 is 0 Å². The van der Waals surface area contributed by atoms with E-state index in [4.69, 9.17) is 5.11 Å². The molecule has 14 heavy (non-hydrogen) atoms. The highest BCUT2D eigenvalue weighted by Crippen LogP contribution is 2.27. The van der Waals surface area contributed by atoms with Gasteiger partial charge in [-0.1, -0.05) is 20.8 Å². The molecule has 1 saturated carbocycles. The molecule has 0 aromatic heterocycles. The maximum absolute atomic E-state index is 11.6. The Balaban J connectivity index is 2.21. The van der Waals surface area contributed by atoms with Gasteiger partial charge < -0.3 is 10.4 Å². The van der Waals surface area contributed by atoms with Crippen LogP contribution in [0.25, 0.3) is 0 Å². The van der Waals surface area contributed by atoms with E-state index in [-0.39, 0.29) is 17.4 Å². The lowest BCUT2D eigenvalue weighted by atomic mass is 9.82. The van der Waals surface area contributed by atoms with Gasteiger partial charge in [0.2, 0.25) is 5.91 Å². The average molecular weight is 199 g/mol. The first kappa shape index (κ1) is 11.5. The number of carbonyl (C=O) groups is 1. The summed E-state index contributed by atoms with van der Waals surface area (Å²) in [5.74, 6) is 0.614. The first-order valence-corrected chi connectivity index (χ1v) is 5.42. The Kier molecular flexibility index (Phi) is 3.53. The minimum atomic E-state index is -0.262. The first-order chi connectivity index (χ1) is 6.45. The van der Waals surface area contributed by atoms with Crippen LogP contribution in [0.4, 0.5) is 0 Å². The Labute approximate surface area is 85.9 Å². The molecule has 0 aromatic rings. The van der Waals surface area contributed by atoms with Crippen molar-refractivity contribution >= 4 is 5.91 Å². The fraction of sp³-hybridized carbons (Fsp3) is 0.909. The van der Waals surface area contributed by atoms with Gasteiger partial charge in [0.1, 0.15) is 0 Å². The summed E-state index contributed by atoms with van der Waals surface area (Å²) in [5, 5.41) is 12.0. The largest absolute Gasteiger partial charge is 0.393 e. The third kappa shape index (κ3) is 2.71. The monoisotopic (exact) mass is 199 g/mol. The zero-order valence-electron chi connectivity index (χ0n) is 9.34. The lowest BCUT2D eigenvalue weighted by molar-refractivity contribution is -0.130. The Morgan fingerprint density at radius 1 is 1.50 bits per heavy atom. The van der Waals surface area contributed by atoms with Crippen LogP contribution in [-0.2, 0) is 4.79 Å². The molecule has 0 spiro atoms. The molecular weight excluding hydrogens is 178 g/mol. The maximum atomic E-state index is 11.6. The van der Waals surface area contributed by atoms with E-state index >= 15 is 0 Å². The molecule has 1 rings (SSSR count). The normalized spacial score (nSPS) is 26.9. The summed E-state index contributed by atoms with van der Waals surface area (Å²) < 4.78 is 0. The summed E-state index contributed by atoms with van der Waals surface area (Å²) in [6.45, 7) is 6.65. The predicted octanol–water partition coefficient (Wildman–Crippen LogP) is 1.31. The number of hydrogen-bond acceptors (Lipinski definition) is 2. The van der Waals surface area contributed by atoms with Crippen molar-refractivity contribution in [3.8, 4) is 0 Å². The van der Waals surface area contributed by atoms with Crippen LogP contribution in [-0.4, -0.2) is 23.7 Å². The van der Waals surface area contributed by atoms with Gasteiger partial charge in [0.25, 0.3) is 0 Å². The van der Waals surface area contributed by atoms with Gasteiger partial charge in [0.15, 0.2) is 0 Å². The van der Waals surface area contributed by atoms with Gasteiger partial charge in [-0.2, -0.15) is 0 Å². The third-order valence-corrected chi connectivity index (χ3v) is 3.26. The molecule has 0 aromatic carbocycles. The van der Waals surface area contributed by atoms with Crippen LogP contribution in [0.1, 0.15) is 40.0 Å². The highest BCUT2D eigenvalue weighted by molar-refractivity contribution is 5.81. The van der Waals surface area contributed by atoms with E-state index in [1.807, 2.05) is 20.8 Å². The van der Waals surface area contributed by atoms with Crippen molar-refractivity contribution in [2.45, 2.75) is 46.1 Å². The number of amides is 1. The molecule has 1 amide bonds. The van der Waals surface area contributed by atoms with Gasteiger partial charge >= 0.3 is 0 Å². The molecule has 1 aliphatic rings. The fourth-order valence-electron chi connectivity index (χ4n) is 1.50. The summed E-state index contributed by atoms with van der Waals surface area (Å²) in [6, 6.07) is 0. The van der Waals surface area contributed by atoms with E-state index in [1.54, 1.807) is 0 Å². The van der Waals surface area contributed by atoms with Crippen molar-refractivity contribution in [1.82, 2.24) is 5.32 Å². The first-order valence-electron chi connectivity index (χ1n) is 5.42. The third-order valence-electron chi connectivity index (χ3n) is 3.26. The van der Waals surface area contributed by atoms with Crippen LogP contribution in [0.5, 0.6) is 0 Å². The lowest BCUT2D eigenvalue weighted by Gasteiger charge is -2.32. The minimum Gasteiger partial charge on any atom is -0.393 e. The molecule has 3 nitrogen and oxygen atoms in total. The van der Waals surface area contributed by atoms with Gasteiger partial charge in [0.05, 0.1) is 6.10 Å². The van der Waals surface area contributed by atoms with Crippen molar-refractivity contribution in [3.05, 3.63) is 0 Å². The Hall–Kier alpha value is -0.570. The minimum absolute atomic E-state index is 0.126. The SMILES string of the molecule is CCC(C)(C)C(=O)NCC1CC(O)C1. The van der Waals surface area contributed by atoms with Gasteiger partial charge in [-0.05, 0) is 25.2 Å². The Morgan fingerprint density at radius 2 is 2.07 bits per heavy atom. The molecule has 3 heteroatoms. The van der Waals surface area contributed by atoms with Gasteiger partial charge in [-0.25, -0.2) is 0 Å². The summed E-state index contributed by atoms with van der Waals surface area (Å²) in [5.41, 5.74) is -0.262. The fourth-order valence-corrected chi connectivity index (χ4v) is 1.50. The second-order valence-corrected chi connectivity index (χ2v) is 4.94. The summed E-state index contributed by atoms with van der Waals surface area (Å²) >= 11 is 0. The topological polar surface area (TPSA) is 49.3 Å². The number of carbonyl (C=O) groups excluding carboxylic acids is 1. The number of rotatable bonds is 4. The molecule has 0 atom stereocenters. The standard InChI is InChI=1S/C11H21NO2/c1-4-11(2,3)10(14)12-7-8-5-9(13)6-8/h8-9,13H,4-7H2,1-3H3,(H,12,14). The van der Waals surface area contributed by atoms with Crippen LogP contribution in [0.15, 0.2) is 0 Å². The summed E-state index contributed by atoms with van der Waals surface area (Å²) in [7, 11) is 0. The zero-order valence-corrected chi connectivity index (χ0v) is 9.34. The molecule has 0 radical (unpaired) electrons. The second-order valence-electron chi connectivity index (χ2n) is 4.94. The lowest BCUT2D eigenvalue weighted by Crippen LogP contribution is -2.43. The Morgan fingerprint density at radius 3 is 2.50 bits per heavy atom. The van der Waals surface area contributed by atoms with E-state index in [1.165, 1.54) is 0 Å². The molecule has 0 heterocycles. The summed E-state index contributed by atoms with van der Waals surface area (Å²) in [6.07, 6.45) is 2.40. The van der Waals surface area contributed by atoms with Crippen LogP contribution < -0.4 is 5.32 Å². The smallest absolute Gasteiger partial charge is 0.225 e. The van der Waals surface area contributed by atoms with Crippen molar-refractivity contribution in [2.75, 3.05) is 6.54 Å². The molecule has 0 bridgehead atoms. The van der Waals surface area contributed by atoms with E-state index < -0.39 is 0 Å². The van der Waals surface area contributed by atoms with Crippen LogP contribution in [0, 0.1) is 11.3 Å². The average Bonchev–Trinajstić information content (AvgIpc) is 2.10. The van der Waals surface area contributed by atoms with E-state index in [0.717, 1.165) is 25.8 Å². The maximum Gasteiger partial charge on any atom is 0.225 e. The van der Waals surface area contributed by atoms with Gasteiger partial charge in [-0.15, -0.1) is 0 Å². The van der Waals surface area contributed by atoms with Crippen molar-refractivity contribution < 1.29 is 9.90 Å². The molecule has 2 N–H and O–H groups in total. The quantitative estimate of drug-likeness (QED) is 0.717. The predicted molar refractivity (Wildman–Crippen MR) is 55.8 cm³/mol. The van der Waals surface area contributed by atoms with Crippen LogP contribution in [0.3, 0.4) is 0 Å².